The molecule has 2 atom stereocenters. The maximum absolute atomic E-state index is 12.1. The third-order valence-corrected chi connectivity index (χ3v) is 4.98. The highest BCUT2D eigenvalue weighted by Gasteiger charge is 2.30. The van der Waals surface area contributed by atoms with Crippen LogP contribution in [0.25, 0.3) is 0 Å². The molecule has 6 nitrogen and oxygen atoms in total. The lowest BCUT2D eigenvalue weighted by Crippen LogP contribution is -2.35. The number of carbonyl (C=O) groups excluding carboxylic acids is 1. The molecule has 1 aromatic carbocycles. The number of thioether (sulfide) groups is 1. The summed E-state index contributed by atoms with van der Waals surface area (Å²) in [5, 5.41) is 9.08. The minimum absolute atomic E-state index is 0.233. The van der Waals surface area contributed by atoms with E-state index in [4.69, 9.17) is 15.7 Å². The fourth-order valence-electron chi connectivity index (χ4n) is 2.52. The van der Waals surface area contributed by atoms with Crippen molar-refractivity contribution in [2.75, 3.05) is 19.6 Å². The second kappa shape index (κ2) is 8.20. The number of carbonyl (C=O) groups is 1. The number of hydrogen-bond donors (Lipinski definition) is 3. The SMILES string of the molecule is CC(C)(C)OC(=O)N1CCC(Sc2ccc(C(N)CNO)cc2)C1. The van der Waals surface area contributed by atoms with Gasteiger partial charge in [-0.1, -0.05) is 12.1 Å². The second-order valence-electron chi connectivity index (χ2n) is 6.99. The van der Waals surface area contributed by atoms with Crippen molar-refractivity contribution in [3.05, 3.63) is 29.8 Å². The first-order valence-corrected chi connectivity index (χ1v) is 9.03. The Kier molecular flexibility index (Phi) is 6.51. The highest BCUT2D eigenvalue weighted by molar-refractivity contribution is 8.00. The van der Waals surface area contributed by atoms with Crippen molar-refractivity contribution in [2.45, 2.75) is 49.0 Å². The number of amides is 1. The van der Waals surface area contributed by atoms with Crippen LogP contribution < -0.4 is 11.2 Å². The normalized spacial score (nSPS) is 19.4. The largest absolute Gasteiger partial charge is 0.444 e. The number of benzene rings is 1. The van der Waals surface area contributed by atoms with Crippen LogP contribution in [0.1, 0.15) is 38.8 Å². The van der Waals surface area contributed by atoms with E-state index in [0.29, 0.717) is 18.3 Å². The van der Waals surface area contributed by atoms with Gasteiger partial charge in [-0.15, -0.1) is 11.8 Å². The summed E-state index contributed by atoms with van der Waals surface area (Å²) in [5.41, 5.74) is 8.54. The van der Waals surface area contributed by atoms with Crippen LogP contribution in [0.3, 0.4) is 0 Å². The summed E-state index contributed by atoms with van der Waals surface area (Å²) in [5.74, 6) is 0. The van der Waals surface area contributed by atoms with Crippen molar-refractivity contribution >= 4 is 17.9 Å². The zero-order valence-electron chi connectivity index (χ0n) is 14.5. The van der Waals surface area contributed by atoms with Crippen LogP contribution in [0.15, 0.2) is 29.2 Å². The lowest BCUT2D eigenvalue weighted by molar-refractivity contribution is 0.0295. The summed E-state index contributed by atoms with van der Waals surface area (Å²) in [4.78, 5) is 15.0. The Labute approximate surface area is 147 Å². The topological polar surface area (TPSA) is 87.8 Å². The lowest BCUT2D eigenvalue weighted by Gasteiger charge is -2.24. The predicted octanol–water partition coefficient (Wildman–Crippen LogP) is 2.77. The number of nitrogens with zero attached hydrogens (tertiary/aromatic N) is 1. The summed E-state index contributed by atoms with van der Waals surface area (Å²) in [6.07, 6.45) is 0.725. The number of rotatable bonds is 5. The van der Waals surface area contributed by atoms with Gasteiger partial charge >= 0.3 is 6.09 Å². The monoisotopic (exact) mass is 353 g/mol. The van der Waals surface area contributed by atoms with E-state index in [0.717, 1.165) is 23.4 Å². The second-order valence-corrected chi connectivity index (χ2v) is 8.37. The number of ether oxygens (including phenoxy) is 1. The molecule has 7 heteroatoms. The Balaban J connectivity index is 1.86. The smallest absolute Gasteiger partial charge is 0.410 e. The number of hydroxylamine groups is 1. The fraction of sp³-hybridized carbons (Fsp3) is 0.588. The van der Waals surface area contributed by atoms with Gasteiger partial charge in [-0.3, -0.25) is 0 Å². The Hall–Kier alpha value is -1.28. The number of nitrogens with one attached hydrogen (secondary N) is 1. The van der Waals surface area contributed by atoms with E-state index >= 15 is 0 Å². The van der Waals surface area contributed by atoms with E-state index in [1.165, 1.54) is 0 Å². The summed E-state index contributed by atoms with van der Waals surface area (Å²) in [7, 11) is 0. The summed E-state index contributed by atoms with van der Waals surface area (Å²) in [6.45, 7) is 7.40. The third-order valence-electron chi connectivity index (χ3n) is 3.72. The van der Waals surface area contributed by atoms with Gasteiger partial charge in [0.1, 0.15) is 5.60 Å². The van der Waals surface area contributed by atoms with E-state index < -0.39 is 5.60 Å². The quantitative estimate of drug-likeness (QED) is 0.706. The number of likely N-dealkylation sites (tertiary alicyclic amines) is 1. The zero-order valence-corrected chi connectivity index (χ0v) is 15.3. The standard InChI is InChI=1S/C17H27N3O3S/c1-17(2,3)23-16(21)20-9-8-14(11-20)24-13-6-4-12(5-7-13)15(18)10-19-22/h4-7,14-15,19,22H,8-11,18H2,1-3H3. The fourth-order valence-corrected chi connectivity index (χ4v) is 3.67. The van der Waals surface area contributed by atoms with Crippen molar-refractivity contribution < 1.29 is 14.7 Å². The minimum Gasteiger partial charge on any atom is -0.444 e. The van der Waals surface area contributed by atoms with Crippen molar-refractivity contribution in [1.82, 2.24) is 10.4 Å². The molecule has 2 rings (SSSR count). The van der Waals surface area contributed by atoms with Crippen LogP contribution in [-0.2, 0) is 4.74 Å². The van der Waals surface area contributed by atoms with E-state index in [2.05, 4.69) is 5.48 Å². The molecular weight excluding hydrogens is 326 g/mol. The Morgan fingerprint density at radius 2 is 2.12 bits per heavy atom. The van der Waals surface area contributed by atoms with Gasteiger partial charge in [0, 0.05) is 35.8 Å². The molecule has 2 unspecified atom stereocenters. The molecule has 134 valence electrons. The first-order valence-electron chi connectivity index (χ1n) is 8.15. The average Bonchev–Trinajstić information content (AvgIpc) is 2.95. The van der Waals surface area contributed by atoms with E-state index in [1.807, 2.05) is 45.0 Å². The highest BCUT2D eigenvalue weighted by Crippen LogP contribution is 2.31. The third kappa shape index (κ3) is 5.66. The first-order chi connectivity index (χ1) is 11.3. The lowest BCUT2D eigenvalue weighted by atomic mass is 10.1. The maximum Gasteiger partial charge on any atom is 0.410 e. The van der Waals surface area contributed by atoms with Crippen LogP contribution in [0.4, 0.5) is 4.79 Å². The Bertz CT molecular complexity index is 545. The van der Waals surface area contributed by atoms with Crippen molar-refractivity contribution in [3.8, 4) is 0 Å². The number of nitrogens with two attached hydrogens (primary N) is 1. The van der Waals surface area contributed by atoms with Crippen LogP contribution in [-0.4, -0.2) is 46.7 Å². The molecule has 0 spiro atoms. The van der Waals surface area contributed by atoms with E-state index in [9.17, 15) is 4.79 Å². The molecule has 1 heterocycles. The van der Waals surface area contributed by atoms with Crippen molar-refractivity contribution in [3.63, 3.8) is 0 Å². The van der Waals surface area contributed by atoms with Gasteiger partial charge in [-0.25, -0.2) is 10.3 Å². The molecule has 1 fully saturated rings. The van der Waals surface area contributed by atoms with Crippen LogP contribution >= 0.6 is 11.8 Å². The van der Waals surface area contributed by atoms with Crippen LogP contribution in [0, 0.1) is 0 Å². The zero-order chi connectivity index (χ0) is 17.7. The average molecular weight is 353 g/mol. The van der Waals surface area contributed by atoms with E-state index in [1.54, 1.807) is 16.7 Å². The van der Waals surface area contributed by atoms with Crippen LogP contribution in [0.5, 0.6) is 0 Å². The van der Waals surface area contributed by atoms with E-state index in [-0.39, 0.29) is 12.1 Å². The van der Waals surface area contributed by atoms with Crippen LogP contribution in [0.2, 0.25) is 0 Å². The molecular formula is C17H27N3O3S. The van der Waals surface area contributed by atoms with Gasteiger partial charge < -0.3 is 20.6 Å². The van der Waals surface area contributed by atoms with Crippen molar-refractivity contribution in [1.29, 1.82) is 0 Å². The number of hydrogen-bond acceptors (Lipinski definition) is 6. The molecule has 0 radical (unpaired) electrons. The predicted molar refractivity (Wildman–Crippen MR) is 95.2 cm³/mol. The minimum atomic E-state index is -0.458. The molecule has 0 bridgehead atoms. The Morgan fingerprint density at radius 1 is 1.46 bits per heavy atom. The summed E-state index contributed by atoms with van der Waals surface area (Å²) < 4.78 is 5.42. The first kappa shape index (κ1) is 19.1. The summed E-state index contributed by atoms with van der Waals surface area (Å²) in [6, 6.07) is 7.79. The molecule has 1 amide bonds. The molecule has 1 aromatic rings. The van der Waals surface area contributed by atoms with Gasteiger partial charge in [0.25, 0.3) is 0 Å². The molecule has 0 saturated carbocycles. The molecule has 1 aliphatic heterocycles. The highest BCUT2D eigenvalue weighted by atomic mass is 32.2. The maximum atomic E-state index is 12.1. The Morgan fingerprint density at radius 3 is 2.71 bits per heavy atom. The summed E-state index contributed by atoms with van der Waals surface area (Å²) >= 11 is 1.77. The molecule has 1 aliphatic rings. The van der Waals surface area contributed by atoms with Crippen molar-refractivity contribution in [2.24, 2.45) is 5.73 Å². The molecule has 24 heavy (non-hydrogen) atoms. The molecule has 1 saturated heterocycles. The van der Waals surface area contributed by atoms with Gasteiger partial charge in [-0.2, -0.15) is 0 Å². The molecule has 0 aliphatic carbocycles. The van der Waals surface area contributed by atoms with Gasteiger partial charge in [0.2, 0.25) is 0 Å². The van der Waals surface area contributed by atoms with Gasteiger partial charge in [0.15, 0.2) is 0 Å². The van der Waals surface area contributed by atoms with Gasteiger partial charge in [-0.05, 0) is 44.9 Å². The molecule has 0 aromatic heterocycles. The molecule has 4 N–H and O–H groups in total. The van der Waals surface area contributed by atoms with Gasteiger partial charge in [0.05, 0.1) is 0 Å².